The van der Waals surface area contributed by atoms with E-state index in [1.165, 1.54) is 0 Å². The first-order valence-electron chi connectivity index (χ1n) is 5.95. The first-order valence-corrected chi connectivity index (χ1v) is 8.38. The van der Waals surface area contributed by atoms with Crippen LogP contribution in [0.15, 0.2) is 4.90 Å². The van der Waals surface area contributed by atoms with Crippen LogP contribution in [0, 0.1) is 0 Å². The normalized spacial score (nSPS) is 17.1. The second-order valence-electron chi connectivity index (χ2n) is 4.23. The van der Waals surface area contributed by atoms with Crippen molar-refractivity contribution >= 4 is 38.1 Å². The van der Waals surface area contributed by atoms with Crippen molar-refractivity contribution in [2.24, 2.45) is 0 Å². The standard InChI is InChI=1S/C10H16N4O3S2/c1-2-19(16,17)8-9(11)13-18-10(8)14-5-3-4-12-7(15)6-14/h2-6H2,1H3,(H2,11,13)(H,12,15). The van der Waals surface area contributed by atoms with Crippen LogP contribution in [-0.2, 0) is 14.6 Å². The summed E-state index contributed by atoms with van der Waals surface area (Å²) >= 11 is 1.03. The molecule has 1 aliphatic heterocycles. The summed E-state index contributed by atoms with van der Waals surface area (Å²) < 4.78 is 28.1. The van der Waals surface area contributed by atoms with Gasteiger partial charge in [-0.25, -0.2) is 8.42 Å². The number of amides is 1. The molecule has 3 N–H and O–H groups in total. The van der Waals surface area contributed by atoms with Crippen molar-refractivity contribution in [1.29, 1.82) is 0 Å². The summed E-state index contributed by atoms with van der Waals surface area (Å²) in [4.78, 5) is 13.4. The van der Waals surface area contributed by atoms with Gasteiger partial charge in [-0.05, 0) is 18.0 Å². The van der Waals surface area contributed by atoms with Gasteiger partial charge in [-0.15, -0.1) is 0 Å². The number of carbonyl (C=O) groups excluding carboxylic acids is 1. The highest BCUT2D eigenvalue weighted by atomic mass is 32.2. The molecule has 1 aliphatic rings. The maximum atomic E-state index is 12.1. The van der Waals surface area contributed by atoms with Gasteiger partial charge in [0.05, 0.1) is 12.3 Å². The SMILES string of the molecule is CCS(=O)(=O)c1c(N)nsc1N1CCCNC(=O)C1. The van der Waals surface area contributed by atoms with Crippen molar-refractivity contribution in [3.63, 3.8) is 0 Å². The second-order valence-corrected chi connectivity index (χ2v) is 7.20. The minimum atomic E-state index is -3.45. The van der Waals surface area contributed by atoms with E-state index in [2.05, 4.69) is 9.69 Å². The van der Waals surface area contributed by atoms with Crippen molar-refractivity contribution < 1.29 is 13.2 Å². The van der Waals surface area contributed by atoms with Gasteiger partial charge in [0.1, 0.15) is 9.90 Å². The van der Waals surface area contributed by atoms with Crippen LogP contribution in [0.1, 0.15) is 13.3 Å². The lowest BCUT2D eigenvalue weighted by Crippen LogP contribution is -2.33. The number of hydrogen-bond acceptors (Lipinski definition) is 7. The summed E-state index contributed by atoms with van der Waals surface area (Å²) in [5.41, 5.74) is 5.68. The van der Waals surface area contributed by atoms with Crippen molar-refractivity contribution in [2.75, 3.05) is 36.0 Å². The van der Waals surface area contributed by atoms with Gasteiger partial charge in [0.15, 0.2) is 15.7 Å². The van der Waals surface area contributed by atoms with Gasteiger partial charge >= 0.3 is 0 Å². The number of anilines is 2. The summed E-state index contributed by atoms with van der Waals surface area (Å²) in [7, 11) is -3.45. The van der Waals surface area contributed by atoms with Crippen molar-refractivity contribution in [3.05, 3.63) is 0 Å². The summed E-state index contributed by atoms with van der Waals surface area (Å²) in [6.45, 7) is 2.89. The van der Waals surface area contributed by atoms with Gasteiger partial charge in [0.25, 0.3) is 0 Å². The quantitative estimate of drug-likeness (QED) is 0.804. The predicted octanol–water partition coefficient (Wildman–Crippen LogP) is -0.155. The molecule has 1 saturated heterocycles. The van der Waals surface area contributed by atoms with E-state index in [1.807, 2.05) is 0 Å². The number of nitrogens with zero attached hydrogens (tertiary/aromatic N) is 2. The molecule has 0 unspecified atom stereocenters. The molecule has 2 heterocycles. The Labute approximate surface area is 115 Å². The molecule has 7 nitrogen and oxygen atoms in total. The number of carbonyl (C=O) groups is 1. The van der Waals surface area contributed by atoms with Crippen LogP contribution < -0.4 is 16.0 Å². The number of nitrogens with two attached hydrogens (primary N) is 1. The highest BCUT2D eigenvalue weighted by Crippen LogP contribution is 2.35. The van der Waals surface area contributed by atoms with E-state index in [4.69, 9.17) is 5.73 Å². The van der Waals surface area contributed by atoms with E-state index in [9.17, 15) is 13.2 Å². The Morgan fingerprint density at radius 2 is 2.26 bits per heavy atom. The summed E-state index contributed by atoms with van der Waals surface area (Å²) in [6.07, 6.45) is 0.759. The number of aromatic nitrogens is 1. The Morgan fingerprint density at radius 3 is 2.95 bits per heavy atom. The van der Waals surface area contributed by atoms with Crippen LogP contribution in [0.25, 0.3) is 0 Å². The lowest BCUT2D eigenvalue weighted by atomic mass is 10.4. The van der Waals surface area contributed by atoms with Gasteiger partial charge in [-0.3, -0.25) is 4.79 Å². The summed E-state index contributed by atoms with van der Waals surface area (Å²) in [6, 6.07) is 0. The fourth-order valence-corrected chi connectivity index (χ4v) is 4.24. The van der Waals surface area contributed by atoms with Crippen LogP contribution >= 0.6 is 11.5 Å². The molecule has 19 heavy (non-hydrogen) atoms. The molecule has 0 aromatic carbocycles. The van der Waals surface area contributed by atoms with Crippen LogP contribution in [0.4, 0.5) is 10.8 Å². The Hall–Kier alpha value is -1.35. The Balaban J connectivity index is 2.43. The molecule has 1 aromatic rings. The molecule has 0 spiro atoms. The van der Waals surface area contributed by atoms with E-state index in [1.54, 1.807) is 11.8 Å². The van der Waals surface area contributed by atoms with Crippen LogP contribution in [0.2, 0.25) is 0 Å². The zero-order valence-corrected chi connectivity index (χ0v) is 12.2. The summed E-state index contributed by atoms with van der Waals surface area (Å²) in [5.74, 6) is -0.140. The number of rotatable bonds is 3. The number of nitrogen functional groups attached to an aromatic ring is 1. The molecule has 1 aromatic heterocycles. The summed E-state index contributed by atoms with van der Waals surface area (Å²) in [5, 5.41) is 3.22. The minimum absolute atomic E-state index is 0.0199. The Morgan fingerprint density at radius 1 is 1.53 bits per heavy atom. The molecule has 0 atom stereocenters. The molecule has 0 saturated carbocycles. The highest BCUT2D eigenvalue weighted by molar-refractivity contribution is 7.91. The highest BCUT2D eigenvalue weighted by Gasteiger charge is 2.28. The van der Waals surface area contributed by atoms with Gasteiger partial charge in [-0.2, -0.15) is 4.37 Å². The third kappa shape index (κ3) is 2.81. The molecule has 2 rings (SSSR count). The zero-order chi connectivity index (χ0) is 14.0. The third-order valence-corrected chi connectivity index (χ3v) is 5.73. The minimum Gasteiger partial charge on any atom is -0.382 e. The Bertz CT molecular complexity index is 582. The molecule has 1 amide bonds. The van der Waals surface area contributed by atoms with Crippen LogP contribution in [0.5, 0.6) is 0 Å². The molecule has 0 bridgehead atoms. The lowest BCUT2D eigenvalue weighted by Gasteiger charge is -2.20. The maximum Gasteiger partial charge on any atom is 0.239 e. The molecule has 1 fully saturated rings. The molecule has 106 valence electrons. The molecule has 9 heteroatoms. The number of nitrogens with one attached hydrogen (secondary N) is 1. The van der Waals surface area contributed by atoms with E-state index in [0.29, 0.717) is 18.1 Å². The van der Waals surface area contributed by atoms with Crippen LogP contribution in [0.3, 0.4) is 0 Å². The molecule has 0 radical (unpaired) electrons. The average Bonchev–Trinajstić information content (AvgIpc) is 2.62. The number of sulfone groups is 1. The lowest BCUT2D eigenvalue weighted by molar-refractivity contribution is -0.119. The molecular weight excluding hydrogens is 288 g/mol. The van der Waals surface area contributed by atoms with Gasteiger partial charge < -0.3 is 16.0 Å². The third-order valence-electron chi connectivity index (χ3n) is 2.90. The largest absolute Gasteiger partial charge is 0.382 e. The van der Waals surface area contributed by atoms with E-state index in [-0.39, 0.29) is 28.9 Å². The zero-order valence-electron chi connectivity index (χ0n) is 10.5. The fraction of sp³-hybridized carbons (Fsp3) is 0.600. The first kappa shape index (κ1) is 14.1. The van der Waals surface area contributed by atoms with E-state index in [0.717, 1.165) is 18.0 Å². The van der Waals surface area contributed by atoms with Crippen molar-refractivity contribution in [1.82, 2.24) is 9.69 Å². The van der Waals surface area contributed by atoms with E-state index >= 15 is 0 Å². The van der Waals surface area contributed by atoms with Crippen molar-refractivity contribution in [3.8, 4) is 0 Å². The van der Waals surface area contributed by atoms with Crippen molar-refractivity contribution in [2.45, 2.75) is 18.2 Å². The molecule has 0 aliphatic carbocycles. The first-order chi connectivity index (χ1) is 8.95. The topological polar surface area (TPSA) is 105 Å². The monoisotopic (exact) mass is 304 g/mol. The average molecular weight is 304 g/mol. The van der Waals surface area contributed by atoms with Gasteiger partial charge in [-0.1, -0.05) is 6.92 Å². The number of hydrogen-bond donors (Lipinski definition) is 2. The van der Waals surface area contributed by atoms with E-state index < -0.39 is 9.84 Å². The molecular formula is C10H16N4O3S2. The van der Waals surface area contributed by atoms with Gasteiger partial charge in [0.2, 0.25) is 5.91 Å². The second kappa shape index (κ2) is 5.33. The fourth-order valence-electron chi connectivity index (χ4n) is 1.90. The van der Waals surface area contributed by atoms with Gasteiger partial charge in [0, 0.05) is 13.1 Å². The maximum absolute atomic E-state index is 12.1. The van der Waals surface area contributed by atoms with Crippen LogP contribution in [-0.4, -0.2) is 44.1 Å². The predicted molar refractivity (Wildman–Crippen MR) is 74.1 cm³/mol. The smallest absolute Gasteiger partial charge is 0.239 e. The Kier molecular flexibility index (Phi) is 3.95.